The van der Waals surface area contributed by atoms with Gasteiger partial charge in [0.25, 0.3) is 0 Å². The van der Waals surface area contributed by atoms with E-state index in [-0.39, 0.29) is 0 Å². The van der Waals surface area contributed by atoms with Crippen LogP contribution in [0.2, 0.25) is 0 Å². The highest BCUT2D eigenvalue weighted by atomic mass is 15.0. The number of benzene rings is 2. The summed E-state index contributed by atoms with van der Waals surface area (Å²) in [4.78, 5) is 0. The zero-order valence-corrected chi connectivity index (χ0v) is 13.6. The second kappa shape index (κ2) is 5.84. The number of fused-ring (bicyclic) bond motifs is 1. The van der Waals surface area contributed by atoms with Crippen LogP contribution in [0.3, 0.4) is 0 Å². The Labute approximate surface area is 132 Å². The van der Waals surface area contributed by atoms with Crippen molar-refractivity contribution in [1.82, 2.24) is 4.57 Å². The van der Waals surface area contributed by atoms with E-state index >= 15 is 0 Å². The maximum absolute atomic E-state index is 3.99. The van der Waals surface area contributed by atoms with Crippen LogP contribution in [0.15, 0.2) is 55.1 Å². The molecule has 0 fully saturated rings. The van der Waals surface area contributed by atoms with Crippen molar-refractivity contribution in [1.29, 1.82) is 0 Å². The molecule has 1 heteroatoms. The van der Waals surface area contributed by atoms with Gasteiger partial charge in [-0.25, -0.2) is 0 Å². The number of nitrogens with zero attached hydrogens (tertiary/aromatic N) is 1. The van der Waals surface area contributed by atoms with Crippen molar-refractivity contribution < 1.29 is 0 Å². The van der Waals surface area contributed by atoms with Gasteiger partial charge in [0.2, 0.25) is 0 Å². The maximum Gasteiger partial charge on any atom is 0.0537 e. The van der Waals surface area contributed by atoms with Gasteiger partial charge in [0.15, 0.2) is 0 Å². The molecule has 0 saturated heterocycles. The first-order valence-electron chi connectivity index (χ1n) is 7.93. The molecular weight excluding hydrogens is 266 g/mol. The SMILES string of the molecule is C=Cc1c(C)n(-c2cccc(CC(C)C)c2)c2ccccc12. The minimum atomic E-state index is 0.668. The second-order valence-electron chi connectivity index (χ2n) is 6.32. The van der Waals surface area contributed by atoms with Gasteiger partial charge in [-0.2, -0.15) is 0 Å². The summed E-state index contributed by atoms with van der Waals surface area (Å²) in [7, 11) is 0. The van der Waals surface area contributed by atoms with Crippen LogP contribution >= 0.6 is 0 Å². The molecule has 0 amide bonds. The monoisotopic (exact) mass is 289 g/mol. The van der Waals surface area contributed by atoms with E-state index in [1.165, 1.54) is 33.4 Å². The Morgan fingerprint density at radius 2 is 1.86 bits per heavy atom. The van der Waals surface area contributed by atoms with Gasteiger partial charge in [0, 0.05) is 22.3 Å². The van der Waals surface area contributed by atoms with E-state index in [2.05, 4.69) is 80.4 Å². The summed E-state index contributed by atoms with van der Waals surface area (Å²) in [6.07, 6.45) is 3.08. The lowest BCUT2D eigenvalue weighted by molar-refractivity contribution is 0.647. The van der Waals surface area contributed by atoms with E-state index in [0.29, 0.717) is 5.92 Å². The molecule has 0 atom stereocenters. The Balaban J connectivity index is 2.22. The van der Waals surface area contributed by atoms with Crippen molar-refractivity contribution in [3.05, 3.63) is 71.9 Å². The van der Waals surface area contributed by atoms with Gasteiger partial charge in [-0.05, 0) is 43.0 Å². The summed E-state index contributed by atoms with van der Waals surface area (Å²) in [6.45, 7) is 10.7. The summed E-state index contributed by atoms with van der Waals surface area (Å²) < 4.78 is 2.34. The fourth-order valence-corrected chi connectivity index (χ4v) is 3.28. The normalized spacial score (nSPS) is 11.3. The smallest absolute Gasteiger partial charge is 0.0537 e. The molecule has 0 aliphatic rings. The summed E-state index contributed by atoms with van der Waals surface area (Å²) in [5.74, 6) is 0.668. The highest BCUT2D eigenvalue weighted by Crippen LogP contribution is 2.30. The molecule has 2 aromatic carbocycles. The van der Waals surface area contributed by atoms with E-state index in [1.807, 2.05) is 6.08 Å². The van der Waals surface area contributed by atoms with Crippen LogP contribution in [-0.2, 0) is 6.42 Å². The zero-order valence-electron chi connectivity index (χ0n) is 13.6. The van der Waals surface area contributed by atoms with Gasteiger partial charge in [-0.15, -0.1) is 0 Å². The highest BCUT2D eigenvalue weighted by molar-refractivity contribution is 5.92. The lowest BCUT2D eigenvalue weighted by Gasteiger charge is -2.12. The molecule has 0 saturated carbocycles. The van der Waals surface area contributed by atoms with Gasteiger partial charge in [-0.3, -0.25) is 0 Å². The predicted molar refractivity (Wildman–Crippen MR) is 96.6 cm³/mol. The van der Waals surface area contributed by atoms with Gasteiger partial charge >= 0.3 is 0 Å². The van der Waals surface area contributed by atoms with Crippen molar-refractivity contribution in [3.63, 3.8) is 0 Å². The van der Waals surface area contributed by atoms with E-state index in [1.54, 1.807) is 0 Å². The molecule has 112 valence electrons. The third-order valence-electron chi connectivity index (χ3n) is 4.18. The first-order valence-corrected chi connectivity index (χ1v) is 7.93. The molecular formula is C21H23N. The molecule has 0 unspecified atom stereocenters. The zero-order chi connectivity index (χ0) is 15.7. The van der Waals surface area contributed by atoms with Crippen LogP contribution in [0.1, 0.15) is 30.7 Å². The average Bonchev–Trinajstić information content (AvgIpc) is 2.78. The van der Waals surface area contributed by atoms with E-state index in [0.717, 1.165) is 6.42 Å². The Morgan fingerprint density at radius 1 is 1.09 bits per heavy atom. The Hall–Kier alpha value is -2.28. The summed E-state index contributed by atoms with van der Waals surface area (Å²) in [5, 5.41) is 1.27. The molecule has 3 aromatic rings. The number of rotatable bonds is 4. The van der Waals surface area contributed by atoms with E-state index < -0.39 is 0 Å². The number of para-hydroxylation sites is 1. The van der Waals surface area contributed by atoms with Gasteiger partial charge < -0.3 is 4.57 Å². The standard InChI is InChI=1S/C21H23N/c1-5-19-16(4)22(21-12-7-6-11-20(19)21)18-10-8-9-17(14-18)13-15(2)3/h5-12,14-15H,1,13H2,2-4H3. The first-order chi connectivity index (χ1) is 10.6. The van der Waals surface area contributed by atoms with Crippen LogP contribution in [-0.4, -0.2) is 4.57 Å². The molecule has 0 aliphatic heterocycles. The topological polar surface area (TPSA) is 4.93 Å². The lowest BCUT2D eigenvalue weighted by Crippen LogP contribution is -1.99. The number of hydrogen-bond acceptors (Lipinski definition) is 0. The van der Waals surface area contributed by atoms with Crippen molar-refractivity contribution in [2.24, 2.45) is 5.92 Å². The van der Waals surface area contributed by atoms with Crippen LogP contribution in [0.4, 0.5) is 0 Å². The van der Waals surface area contributed by atoms with Crippen molar-refractivity contribution in [3.8, 4) is 5.69 Å². The van der Waals surface area contributed by atoms with E-state index in [9.17, 15) is 0 Å². The Kier molecular flexibility index (Phi) is 3.89. The first kappa shape index (κ1) is 14.6. The molecule has 1 heterocycles. The largest absolute Gasteiger partial charge is 0.313 e. The maximum atomic E-state index is 3.99. The predicted octanol–water partition coefficient (Wildman–Crippen LogP) is 5.78. The number of hydrogen-bond donors (Lipinski definition) is 0. The lowest BCUT2D eigenvalue weighted by atomic mass is 10.0. The molecule has 3 rings (SSSR count). The molecule has 1 aromatic heterocycles. The van der Waals surface area contributed by atoms with E-state index in [4.69, 9.17) is 0 Å². The molecule has 0 spiro atoms. The van der Waals surface area contributed by atoms with Gasteiger partial charge in [-0.1, -0.05) is 56.8 Å². The molecule has 0 bridgehead atoms. The van der Waals surface area contributed by atoms with Crippen LogP contribution in [0, 0.1) is 12.8 Å². The third kappa shape index (κ3) is 2.48. The Morgan fingerprint density at radius 3 is 2.59 bits per heavy atom. The fraction of sp³-hybridized carbons (Fsp3) is 0.238. The minimum absolute atomic E-state index is 0.668. The summed E-state index contributed by atoms with van der Waals surface area (Å²) in [6, 6.07) is 17.4. The van der Waals surface area contributed by atoms with Crippen molar-refractivity contribution >= 4 is 17.0 Å². The van der Waals surface area contributed by atoms with Crippen LogP contribution in [0.5, 0.6) is 0 Å². The molecule has 0 radical (unpaired) electrons. The molecule has 1 nitrogen and oxygen atoms in total. The summed E-state index contributed by atoms with van der Waals surface area (Å²) >= 11 is 0. The van der Waals surface area contributed by atoms with Crippen LogP contribution in [0.25, 0.3) is 22.7 Å². The molecule has 0 aliphatic carbocycles. The van der Waals surface area contributed by atoms with Gasteiger partial charge in [0.1, 0.15) is 0 Å². The molecule has 22 heavy (non-hydrogen) atoms. The molecule has 0 N–H and O–H groups in total. The third-order valence-corrected chi connectivity index (χ3v) is 4.18. The van der Waals surface area contributed by atoms with Crippen LogP contribution < -0.4 is 0 Å². The fourth-order valence-electron chi connectivity index (χ4n) is 3.28. The number of aromatic nitrogens is 1. The van der Waals surface area contributed by atoms with Crippen molar-refractivity contribution in [2.75, 3.05) is 0 Å². The second-order valence-corrected chi connectivity index (χ2v) is 6.32. The quantitative estimate of drug-likeness (QED) is 0.573. The van der Waals surface area contributed by atoms with Gasteiger partial charge in [0.05, 0.1) is 5.52 Å². The average molecular weight is 289 g/mol. The Bertz CT molecular complexity index is 821. The minimum Gasteiger partial charge on any atom is -0.313 e. The summed E-state index contributed by atoms with van der Waals surface area (Å²) in [5.41, 5.74) is 6.35. The van der Waals surface area contributed by atoms with Crippen molar-refractivity contribution in [2.45, 2.75) is 27.2 Å². The highest BCUT2D eigenvalue weighted by Gasteiger charge is 2.13.